The lowest BCUT2D eigenvalue weighted by atomic mass is 10.1. The van der Waals surface area contributed by atoms with Gasteiger partial charge in [-0.15, -0.1) is 0 Å². The molecule has 0 aliphatic rings. The minimum Gasteiger partial charge on any atom is -0.492 e. The molecule has 42 heavy (non-hydrogen) atoms. The topological polar surface area (TPSA) is 96.0 Å². The quantitative estimate of drug-likeness (QED) is 0.247. The molecule has 0 saturated heterocycles. The van der Waals surface area contributed by atoms with Crippen LogP contribution in [-0.2, 0) is 26.2 Å². The number of rotatable bonds is 14. The summed E-state index contributed by atoms with van der Waals surface area (Å²) in [6.07, 6.45) is 0.320. The van der Waals surface area contributed by atoms with Crippen LogP contribution in [0.2, 0.25) is 5.02 Å². The van der Waals surface area contributed by atoms with Crippen molar-refractivity contribution in [3.05, 3.63) is 88.9 Å². The number of ether oxygens (including phenoxy) is 1. The molecule has 226 valence electrons. The number of halogens is 1. The van der Waals surface area contributed by atoms with E-state index in [-0.39, 0.29) is 29.0 Å². The van der Waals surface area contributed by atoms with E-state index in [2.05, 4.69) is 5.32 Å². The van der Waals surface area contributed by atoms with Crippen LogP contribution < -0.4 is 14.4 Å². The maximum Gasteiger partial charge on any atom is 0.264 e. The predicted octanol–water partition coefficient (Wildman–Crippen LogP) is 5.82. The number of hydrogen-bond acceptors (Lipinski definition) is 5. The third-order valence-electron chi connectivity index (χ3n) is 6.69. The standard InChI is InChI=1S/C32H40ClN3O5S/c1-6-28(32(38)34-20-23(3)4)35(21-25-12-8-9-13-27(25)33)31(37)22-36(29-14-10-11-15-30(29)41-7-2)42(39,40)26-18-16-24(5)17-19-26/h8-19,23,28H,6-7,20-22H2,1-5H3,(H,34,38)/t28-/m1/s1. The summed E-state index contributed by atoms with van der Waals surface area (Å²) in [4.78, 5) is 29.0. The molecule has 0 saturated carbocycles. The van der Waals surface area contributed by atoms with E-state index in [0.717, 1.165) is 9.87 Å². The van der Waals surface area contributed by atoms with Crippen LogP contribution in [0.1, 0.15) is 45.2 Å². The molecule has 10 heteroatoms. The van der Waals surface area contributed by atoms with Crippen molar-refractivity contribution in [1.82, 2.24) is 10.2 Å². The van der Waals surface area contributed by atoms with E-state index in [9.17, 15) is 18.0 Å². The molecule has 3 rings (SSSR count). The molecule has 0 bridgehead atoms. The van der Waals surface area contributed by atoms with Gasteiger partial charge in [-0.2, -0.15) is 0 Å². The first-order valence-corrected chi connectivity index (χ1v) is 15.9. The minimum absolute atomic E-state index is 0.0254. The van der Waals surface area contributed by atoms with Crippen LogP contribution in [0.4, 0.5) is 5.69 Å². The van der Waals surface area contributed by atoms with Gasteiger partial charge in [0.05, 0.1) is 17.2 Å². The van der Waals surface area contributed by atoms with Crippen molar-refractivity contribution in [2.45, 2.75) is 58.5 Å². The molecule has 8 nitrogen and oxygen atoms in total. The molecule has 0 aliphatic carbocycles. The average Bonchev–Trinajstić information content (AvgIpc) is 2.96. The second-order valence-corrected chi connectivity index (χ2v) is 12.7. The van der Waals surface area contributed by atoms with E-state index in [4.69, 9.17) is 16.3 Å². The van der Waals surface area contributed by atoms with Gasteiger partial charge >= 0.3 is 0 Å². The van der Waals surface area contributed by atoms with Crippen molar-refractivity contribution in [2.75, 3.05) is 24.0 Å². The van der Waals surface area contributed by atoms with Gasteiger partial charge in [0.2, 0.25) is 11.8 Å². The highest BCUT2D eigenvalue weighted by Crippen LogP contribution is 2.33. The lowest BCUT2D eigenvalue weighted by molar-refractivity contribution is -0.140. The molecule has 3 aromatic rings. The zero-order chi connectivity index (χ0) is 30.9. The van der Waals surface area contributed by atoms with Crippen LogP contribution >= 0.6 is 11.6 Å². The Labute approximate surface area is 254 Å². The van der Waals surface area contributed by atoms with Gasteiger partial charge in [-0.05, 0) is 62.1 Å². The monoisotopic (exact) mass is 613 g/mol. The van der Waals surface area contributed by atoms with Gasteiger partial charge in [-0.1, -0.05) is 80.4 Å². The molecule has 1 atom stereocenters. The molecule has 2 amide bonds. The summed E-state index contributed by atoms with van der Waals surface area (Å²) in [6.45, 7) is 9.66. The third kappa shape index (κ3) is 8.26. The van der Waals surface area contributed by atoms with Crippen LogP contribution in [0.5, 0.6) is 5.75 Å². The van der Waals surface area contributed by atoms with Crippen LogP contribution in [0.25, 0.3) is 0 Å². The largest absolute Gasteiger partial charge is 0.492 e. The number of para-hydroxylation sites is 2. The molecule has 0 unspecified atom stereocenters. The molecule has 0 radical (unpaired) electrons. The molecule has 0 heterocycles. The number of sulfonamides is 1. The van der Waals surface area contributed by atoms with Crippen molar-refractivity contribution >= 4 is 39.1 Å². The number of aryl methyl sites for hydroxylation is 1. The Balaban J connectivity index is 2.11. The summed E-state index contributed by atoms with van der Waals surface area (Å²) in [5.74, 6) is -0.329. The fourth-order valence-corrected chi connectivity index (χ4v) is 6.06. The number of carbonyl (C=O) groups is 2. The average molecular weight is 614 g/mol. The fourth-order valence-electron chi connectivity index (χ4n) is 4.44. The lowest BCUT2D eigenvalue weighted by Crippen LogP contribution is -2.52. The minimum atomic E-state index is -4.22. The highest BCUT2D eigenvalue weighted by atomic mass is 35.5. The molecule has 3 aromatic carbocycles. The van der Waals surface area contributed by atoms with Crippen molar-refractivity contribution < 1.29 is 22.7 Å². The van der Waals surface area contributed by atoms with Gasteiger partial charge in [0.15, 0.2) is 0 Å². The molecule has 0 spiro atoms. The summed E-state index contributed by atoms with van der Waals surface area (Å²) < 4.78 is 35.1. The van der Waals surface area contributed by atoms with Crippen molar-refractivity contribution in [2.24, 2.45) is 5.92 Å². The van der Waals surface area contributed by atoms with E-state index in [1.165, 1.54) is 17.0 Å². The Hall–Kier alpha value is -3.56. The van der Waals surface area contributed by atoms with Crippen LogP contribution in [0.15, 0.2) is 77.7 Å². The second-order valence-electron chi connectivity index (χ2n) is 10.4. The summed E-state index contributed by atoms with van der Waals surface area (Å²) in [6, 6.07) is 19.4. The number of carbonyl (C=O) groups excluding carboxylic acids is 2. The fraction of sp³-hybridized carbons (Fsp3) is 0.375. The first kappa shape index (κ1) is 32.9. The smallest absolute Gasteiger partial charge is 0.264 e. The Morgan fingerprint density at radius 1 is 0.952 bits per heavy atom. The van der Waals surface area contributed by atoms with Crippen LogP contribution in [0.3, 0.4) is 0 Å². The van der Waals surface area contributed by atoms with Gasteiger partial charge < -0.3 is 15.0 Å². The number of benzene rings is 3. The summed E-state index contributed by atoms with van der Waals surface area (Å²) in [7, 11) is -4.22. The summed E-state index contributed by atoms with van der Waals surface area (Å²) in [5.41, 5.74) is 1.77. The Morgan fingerprint density at radius 2 is 1.60 bits per heavy atom. The lowest BCUT2D eigenvalue weighted by Gasteiger charge is -2.33. The Morgan fingerprint density at radius 3 is 2.21 bits per heavy atom. The maximum absolute atomic E-state index is 14.2. The number of anilines is 1. The van der Waals surface area contributed by atoms with Gasteiger partial charge in [-0.25, -0.2) is 8.42 Å². The zero-order valence-corrected chi connectivity index (χ0v) is 26.4. The highest BCUT2D eigenvalue weighted by molar-refractivity contribution is 7.92. The van der Waals surface area contributed by atoms with Crippen LogP contribution in [0, 0.1) is 12.8 Å². The van der Waals surface area contributed by atoms with Crippen LogP contribution in [-0.4, -0.2) is 50.9 Å². The van der Waals surface area contributed by atoms with Gasteiger partial charge in [-0.3, -0.25) is 13.9 Å². The first-order valence-electron chi connectivity index (χ1n) is 14.1. The van der Waals surface area contributed by atoms with Crippen molar-refractivity contribution in [3.63, 3.8) is 0 Å². The van der Waals surface area contributed by atoms with Gasteiger partial charge in [0, 0.05) is 18.1 Å². The van der Waals surface area contributed by atoms with E-state index < -0.39 is 28.5 Å². The summed E-state index contributed by atoms with van der Waals surface area (Å²) >= 11 is 6.46. The van der Waals surface area contributed by atoms with Gasteiger partial charge in [0.1, 0.15) is 18.3 Å². The Bertz CT molecular complexity index is 1460. The molecule has 0 fully saturated rings. The molecular weight excluding hydrogens is 574 g/mol. The normalized spacial score (nSPS) is 12.1. The van der Waals surface area contributed by atoms with Crippen molar-refractivity contribution in [1.29, 1.82) is 0 Å². The number of nitrogens with one attached hydrogen (secondary N) is 1. The number of nitrogens with zero attached hydrogens (tertiary/aromatic N) is 2. The highest BCUT2D eigenvalue weighted by Gasteiger charge is 2.35. The van der Waals surface area contributed by atoms with E-state index in [1.54, 1.807) is 67.6 Å². The Kier molecular flexibility index (Phi) is 11.8. The molecule has 0 aromatic heterocycles. The van der Waals surface area contributed by atoms with E-state index in [1.807, 2.05) is 27.7 Å². The molecular formula is C32H40ClN3O5S. The van der Waals surface area contributed by atoms with E-state index in [0.29, 0.717) is 35.9 Å². The molecule has 1 N–H and O–H groups in total. The number of hydrogen-bond donors (Lipinski definition) is 1. The first-order chi connectivity index (χ1) is 20.0. The third-order valence-corrected chi connectivity index (χ3v) is 8.83. The zero-order valence-electron chi connectivity index (χ0n) is 24.8. The molecule has 0 aliphatic heterocycles. The number of amides is 2. The van der Waals surface area contributed by atoms with Gasteiger partial charge in [0.25, 0.3) is 10.0 Å². The predicted molar refractivity (Wildman–Crippen MR) is 167 cm³/mol. The van der Waals surface area contributed by atoms with E-state index >= 15 is 0 Å². The summed E-state index contributed by atoms with van der Waals surface area (Å²) in [5, 5.41) is 3.37. The van der Waals surface area contributed by atoms with Crippen molar-refractivity contribution in [3.8, 4) is 5.75 Å². The SMILES string of the molecule is CCOc1ccccc1N(CC(=O)N(Cc1ccccc1Cl)[C@H](CC)C(=O)NCC(C)C)S(=O)(=O)c1ccc(C)cc1. The maximum atomic E-state index is 14.2. The second kappa shape index (κ2) is 15.1.